The van der Waals surface area contributed by atoms with E-state index in [0.717, 1.165) is 11.1 Å². The zero-order chi connectivity index (χ0) is 12.3. The van der Waals surface area contributed by atoms with Gasteiger partial charge in [0.25, 0.3) is 0 Å². The molecule has 0 aliphatic rings. The van der Waals surface area contributed by atoms with Crippen LogP contribution in [0.3, 0.4) is 0 Å². The van der Waals surface area contributed by atoms with Crippen LogP contribution in [0, 0.1) is 5.82 Å². The summed E-state index contributed by atoms with van der Waals surface area (Å²) in [6.45, 7) is 0.278. The zero-order valence-electron chi connectivity index (χ0n) is 9.21. The molecule has 2 unspecified atom stereocenters. The molecule has 2 rings (SSSR count). The van der Waals surface area contributed by atoms with Crippen LogP contribution >= 0.6 is 11.3 Å². The van der Waals surface area contributed by atoms with E-state index in [1.807, 2.05) is 16.8 Å². The van der Waals surface area contributed by atoms with E-state index in [1.165, 1.54) is 23.5 Å². The third-order valence-corrected chi connectivity index (χ3v) is 3.50. The number of aliphatic hydroxyl groups is 1. The fraction of sp³-hybridized carbons (Fsp3) is 0.231. The summed E-state index contributed by atoms with van der Waals surface area (Å²) in [6, 6.07) is 8.09. The van der Waals surface area contributed by atoms with Crippen LogP contribution < -0.4 is 5.73 Å². The third-order valence-electron chi connectivity index (χ3n) is 2.80. The van der Waals surface area contributed by atoms with Crippen LogP contribution in [0.1, 0.15) is 23.1 Å². The van der Waals surface area contributed by atoms with E-state index in [4.69, 9.17) is 5.73 Å². The number of rotatable bonds is 4. The summed E-state index contributed by atoms with van der Waals surface area (Å²) in [5, 5.41) is 14.0. The van der Waals surface area contributed by atoms with Gasteiger partial charge in [0.05, 0.1) is 6.10 Å². The Morgan fingerprint density at radius 1 is 1.29 bits per heavy atom. The molecular formula is C13H14FNOS. The molecule has 0 radical (unpaired) electrons. The number of thiophene rings is 1. The van der Waals surface area contributed by atoms with Crippen molar-refractivity contribution in [3.8, 4) is 0 Å². The van der Waals surface area contributed by atoms with Crippen LogP contribution in [0.4, 0.5) is 4.39 Å². The summed E-state index contributed by atoms with van der Waals surface area (Å²) in [5.41, 5.74) is 7.24. The molecule has 2 aromatic rings. The Labute approximate surface area is 104 Å². The van der Waals surface area contributed by atoms with Gasteiger partial charge in [0, 0.05) is 12.5 Å². The monoisotopic (exact) mass is 251 g/mol. The quantitative estimate of drug-likeness (QED) is 0.877. The normalized spacial score (nSPS) is 14.5. The van der Waals surface area contributed by atoms with Gasteiger partial charge < -0.3 is 10.8 Å². The van der Waals surface area contributed by atoms with Crippen LogP contribution in [-0.4, -0.2) is 11.7 Å². The maximum Gasteiger partial charge on any atom is 0.123 e. The zero-order valence-corrected chi connectivity index (χ0v) is 10.0. The van der Waals surface area contributed by atoms with Crippen LogP contribution in [-0.2, 0) is 0 Å². The van der Waals surface area contributed by atoms with E-state index < -0.39 is 6.10 Å². The predicted molar refractivity (Wildman–Crippen MR) is 67.5 cm³/mol. The fourth-order valence-corrected chi connectivity index (χ4v) is 2.55. The maximum atomic E-state index is 13.1. The van der Waals surface area contributed by atoms with E-state index in [2.05, 4.69) is 0 Å². The summed E-state index contributed by atoms with van der Waals surface area (Å²) in [4.78, 5) is 0. The molecule has 0 saturated carbocycles. The Morgan fingerprint density at radius 3 is 2.71 bits per heavy atom. The van der Waals surface area contributed by atoms with Crippen molar-refractivity contribution in [2.75, 3.05) is 6.54 Å². The van der Waals surface area contributed by atoms with Crippen LogP contribution in [0.15, 0.2) is 41.1 Å². The molecule has 0 aliphatic carbocycles. The summed E-state index contributed by atoms with van der Waals surface area (Å²) in [5.74, 6) is -0.584. The van der Waals surface area contributed by atoms with E-state index in [0.29, 0.717) is 0 Å². The molecule has 2 nitrogen and oxygen atoms in total. The van der Waals surface area contributed by atoms with Crippen LogP contribution in [0.5, 0.6) is 0 Å². The smallest absolute Gasteiger partial charge is 0.123 e. The average molecular weight is 251 g/mol. The lowest BCUT2D eigenvalue weighted by Crippen LogP contribution is -2.20. The molecule has 17 heavy (non-hydrogen) atoms. The van der Waals surface area contributed by atoms with Gasteiger partial charge >= 0.3 is 0 Å². The van der Waals surface area contributed by atoms with E-state index in [9.17, 15) is 9.50 Å². The van der Waals surface area contributed by atoms with Gasteiger partial charge in [-0.25, -0.2) is 4.39 Å². The van der Waals surface area contributed by atoms with Gasteiger partial charge in [0.2, 0.25) is 0 Å². The van der Waals surface area contributed by atoms with Crippen LogP contribution in [0.2, 0.25) is 0 Å². The third kappa shape index (κ3) is 2.72. The van der Waals surface area contributed by atoms with E-state index in [-0.39, 0.29) is 18.3 Å². The molecular weight excluding hydrogens is 237 g/mol. The molecule has 0 amide bonds. The second-order valence-corrected chi connectivity index (χ2v) is 4.68. The first-order chi connectivity index (χ1) is 8.22. The second kappa shape index (κ2) is 5.40. The highest BCUT2D eigenvalue weighted by atomic mass is 32.1. The van der Waals surface area contributed by atoms with Crippen molar-refractivity contribution in [3.05, 3.63) is 58.0 Å². The van der Waals surface area contributed by atoms with E-state index >= 15 is 0 Å². The number of halogens is 1. The molecule has 4 heteroatoms. The Hall–Kier alpha value is -1.23. The number of hydrogen-bond acceptors (Lipinski definition) is 3. The highest BCUT2D eigenvalue weighted by molar-refractivity contribution is 7.07. The summed E-state index contributed by atoms with van der Waals surface area (Å²) < 4.78 is 13.1. The van der Waals surface area contributed by atoms with Gasteiger partial charge in [-0.05, 0) is 40.1 Å². The number of nitrogens with two attached hydrogens (primary N) is 1. The highest BCUT2D eigenvalue weighted by Crippen LogP contribution is 2.31. The van der Waals surface area contributed by atoms with Crippen molar-refractivity contribution < 1.29 is 9.50 Å². The molecule has 1 aromatic heterocycles. The first kappa shape index (κ1) is 12.2. The summed E-state index contributed by atoms with van der Waals surface area (Å²) in [6.07, 6.45) is -0.687. The van der Waals surface area contributed by atoms with Gasteiger partial charge in [-0.15, -0.1) is 0 Å². The lowest BCUT2D eigenvalue weighted by atomic mass is 9.90. The van der Waals surface area contributed by atoms with Crippen LogP contribution in [0.25, 0.3) is 0 Å². The Morgan fingerprint density at radius 2 is 2.12 bits per heavy atom. The Balaban J connectivity index is 2.27. The lowest BCUT2D eigenvalue weighted by Gasteiger charge is -2.21. The molecule has 0 saturated heterocycles. The SMILES string of the molecule is NCC(c1cccc(F)c1)C(O)c1ccsc1. The first-order valence-electron chi connectivity index (χ1n) is 5.38. The molecule has 3 N–H and O–H groups in total. The number of benzene rings is 1. The molecule has 1 heterocycles. The minimum Gasteiger partial charge on any atom is -0.388 e. The molecule has 90 valence electrons. The molecule has 0 fully saturated rings. The maximum absolute atomic E-state index is 13.1. The first-order valence-corrected chi connectivity index (χ1v) is 6.32. The van der Waals surface area contributed by atoms with Gasteiger partial charge in [0.1, 0.15) is 5.82 Å². The highest BCUT2D eigenvalue weighted by Gasteiger charge is 2.22. The van der Waals surface area contributed by atoms with E-state index in [1.54, 1.807) is 12.1 Å². The van der Waals surface area contributed by atoms with Gasteiger partial charge in [0.15, 0.2) is 0 Å². The number of hydrogen-bond donors (Lipinski definition) is 2. The van der Waals surface area contributed by atoms with Crippen molar-refractivity contribution in [2.24, 2.45) is 5.73 Å². The fourth-order valence-electron chi connectivity index (χ4n) is 1.86. The summed E-state index contributed by atoms with van der Waals surface area (Å²) >= 11 is 1.52. The van der Waals surface area contributed by atoms with Crippen molar-refractivity contribution in [2.45, 2.75) is 12.0 Å². The largest absolute Gasteiger partial charge is 0.388 e. The average Bonchev–Trinajstić information content (AvgIpc) is 2.83. The molecule has 1 aromatic carbocycles. The number of aliphatic hydroxyl groups excluding tert-OH is 1. The Kier molecular flexibility index (Phi) is 3.89. The van der Waals surface area contributed by atoms with Crippen molar-refractivity contribution in [1.82, 2.24) is 0 Å². The molecule has 2 atom stereocenters. The lowest BCUT2D eigenvalue weighted by molar-refractivity contribution is 0.148. The molecule has 0 spiro atoms. The molecule has 0 bridgehead atoms. The minimum absolute atomic E-state index is 0.278. The van der Waals surface area contributed by atoms with Gasteiger partial charge in [-0.1, -0.05) is 12.1 Å². The second-order valence-electron chi connectivity index (χ2n) is 3.90. The minimum atomic E-state index is -0.687. The summed E-state index contributed by atoms with van der Waals surface area (Å²) in [7, 11) is 0. The predicted octanol–water partition coefficient (Wildman–Crippen LogP) is 2.66. The Bertz CT molecular complexity index is 472. The van der Waals surface area contributed by atoms with Crippen molar-refractivity contribution in [3.63, 3.8) is 0 Å². The molecule has 0 aliphatic heterocycles. The van der Waals surface area contributed by atoms with Gasteiger partial charge in [-0.3, -0.25) is 0 Å². The topological polar surface area (TPSA) is 46.2 Å². The standard InChI is InChI=1S/C13H14FNOS/c14-11-3-1-2-9(6-11)12(7-15)13(16)10-4-5-17-8-10/h1-6,8,12-13,16H,7,15H2. The van der Waals surface area contributed by atoms with Gasteiger partial charge in [-0.2, -0.15) is 11.3 Å². The van der Waals surface area contributed by atoms with Crippen molar-refractivity contribution in [1.29, 1.82) is 0 Å². The van der Waals surface area contributed by atoms with Crippen molar-refractivity contribution >= 4 is 11.3 Å².